The number of phenolic OH excluding ortho intramolecular Hbond substituents is 1. The molecule has 57 heteroatoms. The number of carbonyl (C=O) groups is 25. The lowest BCUT2D eigenvalue weighted by Crippen LogP contribution is -2.61. The Morgan fingerprint density at radius 3 is 1.18 bits per heavy atom. The van der Waals surface area contributed by atoms with Gasteiger partial charge in [0.2, 0.25) is 112 Å². The highest BCUT2D eigenvalue weighted by atomic mass is 32.2. The number of unbranched alkanes of at least 4 members (excludes halogenated alkanes) is 2. The van der Waals surface area contributed by atoms with Crippen LogP contribution in [0.3, 0.4) is 0 Å². The molecule has 19 amide bonds. The van der Waals surface area contributed by atoms with E-state index in [1.54, 1.807) is 18.4 Å². The summed E-state index contributed by atoms with van der Waals surface area (Å²) >= 11 is 1.19. The van der Waals surface area contributed by atoms with Crippen LogP contribution in [0.5, 0.6) is 5.75 Å². The zero-order chi connectivity index (χ0) is 110. The fraction of sp³-hybridized carbons (Fsp3) is 0.659. The Hall–Kier alpha value is -14.1. The number of nitrogens with two attached hydrogens (primary N) is 4. The summed E-state index contributed by atoms with van der Waals surface area (Å²) in [4.78, 5) is 345. The number of phenols is 1. The molecule has 5 heterocycles. The molecule has 0 radical (unpaired) electrons. The molecule has 822 valence electrons. The number of aliphatic carboxylic acids is 6. The first-order valence-corrected chi connectivity index (χ1v) is 50.2. The number of nitrogens with one attached hydrogen (secondary N) is 13. The van der Waals surface area contributed by atoms with Crippen molar-refractivity contribution in [3.8, 4) is 5.75 Å². The standard InChI is InChI=1S/C91H138N22O34S/c1-46(74(129)107-60(45-114)89(144)111-37-10-17-63(111)83(138)101-53(26-30-70(123)124)77(132)99-52(25-29-69(121)122)76(131)100-55(32-40-148-3)79(134)108-73(47(2)115)85(140)104-57(91(146)147)14-5-7-34-93)97-80(135)58(43-72(127)128)105-75(130)51(24-28-68(119)120)98-67(118)44-96-81(136)61-15-8-35-109(61)88(143)59(42-66(95)117)106-78(133)54(27-31-71(125)126)102-82(137)62-16-9-36-110(62)87(142)56(13-4-6-33-92)103-84(139)64-18-11-38-112(64)90(145)65-19-12-39-113(65)86(141)50(94)41-48-20-22-49(116)23-21-48/h20-23,46-47,50-65,73,114-116H,4-19,24-45,92-94H2,1-3H3,(H2,95,117)(H,96,136)(H,97,135)(H,98,118)(H,99,132)(H,100,131)(H,101,138)(H,102,137)(H,103,139)(H,104,140)(H,105,130)(H,106,133)(H,107,129)(H,108,134)(H,119,120)(H,121,122)(H,123,124)(H,125,126)(H,127,128)(H,146,147)/t46-,47+,50-,51-,52-,53-,54-,55-,56-,57-,58-,59-,60-,61-,62-,63-,64-,65-,73-/m0/s1. The van der Waals surface area contributed by atoms with E-state index in [1.165, 1.54) is 38.6 Å². The Morgan fingerprint density at radius 1 is 0.385 bits per heavy atom. The van der Waals surface area contributed by atoms with Gasteiger partial charge in [-0.05, 0) is 198 Å². The van der Waals surface area contributed by atoms with Gasteiger partial charge >= 0.3 is 35.8 Å². The molecule has 1 aromatic carbocycles. The minimum absolute atomic E-state index is 0.0102. The summed E-state index contributed by atoms with van der Waals surface area (Å²) in [5.41, 5.74) is 23.9. The van der Waals surface area contributed by atoms with Crippen LogP contribution in [0.25, 0.3) is 0 Å². The number of hydrogen-bond acceptors (Lipinski definition) is 32. The van der Waals surface area contributed by atoms with E-state index in [4.69, 9.17) is 22.9 Å². The van der Waals surface area contributed by atoms with E-state index in [1.807, 2.05) is 0 Å². The van der Waals surface area contributed by atoms with Gasteiger partial charge in [-0.25, -0.2) is 4.79 Å². The van der Waals surface area contributed by atoms with Crippen LogP contribution in [0, 0.1) is 0 Å². The van der Waals surface area contributed by atoms with E-state index in [9.17, 15) is 166 Å². The summed E-state index contributed by atoms with van der Waals surface area (Å²) in [6.07, 6.45) is -5.88. The van der Waals surface area contributed by atoms with Crippen molar-refractivity contribution in [3.05, 3.63) is 29.8 Å². The van der Waals surface area contributed by atoms with Crippen LogP contribution in [0.15, 0.2) is 24.3 Å². The Bertz CT molecular complexity index is 4920. The van der Waals surface area contributed by atoms with Crippen molar-refractivity contribution >= 4 is 160 Å². The molecule has 30 N–H and O–H groups in total. The summed E-state index contributed by atoms with van der Waals surface area (Å²) in [7, 11) is 0. The number of aliphatic hydroxyl groups excluding tert-OH is 2. The number of amides is 19. The number of carboxylic acid groups (broad SMARTS) is 6. The van der Waals surface area contributed by atoms with Crippen LogP contribution in [-0.2, 0) is 126 Å². The average Bonchev–Trinajstić information content (AvgIpc) is 1.65. The van der Waals surface area contributed by atoms with Gasteiger partial charge in [0.15, 0.2) is 0 Å². The predicted molar refractivity (Wildman–Crippen MR) is 514 cm³/mol. The number of aliphatic hydroxyl groups is 2. The molecule has 19 atom stereocenters. The highest BCUT2D eigenvalue weighted by Gasteiger charge is 2.49. The molecule has 0 aliphatic carbocycles. The van der Waals surface area contributed by atoms with E-state index in [2.05, 4.69) is 69.1 Å². The van der Waals surface area contributed by atoms with Crippen molar-refractivity contribution in [2.45, 2.75) is 308 Å². The number of carboxylic acids is 6. The first-order chi connectivity index (χ1) is 70.0. The molecule has 1 aromatic rings. The SMILES string of the molecule is CSCC[C@H](NC(=O)[C@H](CCC(=O)O)NC(=O)[C@H](CCC(=O)O)NC(=O)[C@@H]1CCCN1C(=O)[C@H](CO)NC(=O)[C@H](C)NC(=O)[C@H](CC(=O)O)NC(=O)[C@H](CCC(=O)O)NC(=O)CNC(=O)[C@@H]1CCCN1C(=O)[C@H](CC(N)=O)NC(=O)[C@H](CCC(=O)O)NC(=O)[C@@H]1CCCN1C(=O)[C@H](CCCCN)NC(=O)[C@@H]1CCCN1C(=O)[C@@H]1CCCN1C(=O)[C@@H](N)Cc1ccc(O)cc1)C(=O)N[C@H](C(=O)N[C@@H](CCCCN)C(=O)O)[C@@H](C)O. The van der Waals surface area contributed by atoms with Crippen molar-refractivity contribution in [2.75, 3.05) is 71.0 Å². The lowest BCUT2D eigenvalue weighted by Gasteiger charge is -2.33. The van der Waals surface area contributed by atoms with E-state index in [-0.39, 0.29) is 141 Å². The van der Waals surface area contributed by atoms with E-state index >= 15 is 0 Å². The van der Waals surface area contributed by atoms with Gasteiger partial charge in [-0.2, -0.15) is 11.8 Å². The summed E-state index contributed by atoms with van der Waals surface area (Å²) in [5, 5.41) is 119. The van der Waals surface area contributed by atoms with Crippen molar-refractivity contribution < 1.29 is 166 Å². The molecule has 5 saturated heterocycles. The van der Waals surface area contributed by atoms with Gasteiger partial charge in [0, 0.05) is 58.4 Å². The molecule has 0 saturated carbocycles. The molecule has 0 unspecified atom stereocenters. The van der Waals surface area contributed by atoms with Crippen LogP contribution in [-0.4, -0.2) is 404 Å². The molecule has 5 aliphatic heterocycles. The fourth-order valence-corrected chi connectivity index (χ4v) is 18.1. The Kier molecular flexibility index (Phi) is 50.4. The number of thioether (sulfide) groups is 1. The second kappa shape index (κ2) is 60.9. The molecule has 6 rings (SSSR count). The maximum Gasteiger partial charge on any atom is 0.326 e. The lowest BCUT2D eigenvalue weighted by molar-refractivity contribution is -0.148. The van der Waals surface area contributed by atoms with Gasteiger partial charge in [-0.15, -0.1) is 0 Å². The molecule has 0 aromatic heterocycles. The molecule has 5 fully saturated rings. The Balaban J connectivity index is 1.07. The van der Waals surface area contributed by atoms with Gasteiger partial charge < -0.3 is 163 Å². The number of likely N-dealkylation sites (tertiary alicyclic amines) is 5. The quantitative estimate of drug-likeness (QED) is 0.0269. The zero-order valence-electron chi connectivity index (χ0n) is 82.3. The fourth-order valence-electron chi connectivity index (χ4n) is 17.6. The number of primary amides is 1. The number of carbonyl (C=O) groups excluding carboxylic acids is 19. The van der Waals surface area contributed by atoms with Crippen molar-refractivity contribution in [3.63, 3.8) is 0 Å². The summed E-state index contributed by atoms with van der Waals surface area (Å²) in [6.45, 7) is 0.0374. The van der Waals surface area contributed by atoms with Crippen LogP contribution in [0.1, 0.15) is 193 Å². The largest absolute Gasteiger partial charge is 0.508 e. The number of hydrogen-bond donors (Lipinski definition) is 26. The van der Waals surface area contributed by atoms with Crippen LogP contribution >= 0.6 is 11.8 Å². The second-order valence-corrected chi connectivity index (χ2v) is 37.6. The Labute approximate surface area is 853 Å². The molecular formula is C91H138N22O34S. The van der Waals surface area contributed by atoms with Crippen LogP contribution in [0.2, 0.25) is 0 Å². The summed E-state index contributed by atoms with van der Waals surface area (Å²) in [6, 6.07) is -22.9. The monoisotopic (exact) mass is 2110 g/mol. The van der Waals surface area contributed by atoms with Crippen molar-refractivity contribution in [1.29, 1.82) is 0 Å². The topological polar surface area (TPSA) is 885 Å². The first-order valence-electron chi connectivity index (χ1n) is 48.8. The highest BCUT2D eigenvalue weighted by Crippen LogP contribution is 2.29. The van der Waals surface area contributed by atoms with Gasteiger partial charge in [0.05, 0.1) is 38.1 Å². The third-order valence-corrected chi connectivity index (χ3v) is 26.1. The second-order valence-electron chi connectivity index (χ2n) is 36.6. The van der Waals surface area contributed by atoms with Gasteiger partial charge in [-0.3, -0.25) is 115 Å². The normalized spacial score (nSPS) is 19.2. The number of benzene rings is 1. The van der Waals surface area contributed by atoms with E-state index < -0.39 is 340 Å². The average molecular weight is 2120 g/mol. The van der Waals surface area contributed by atoms with Gasteiger partial charge in [0.25, 0.3) is 0 Å². The van der Waals surface area contributed by atoms with Gasteiger partial charge in [0.1, 0.15) is 108 Å². The van der Waals surface area contributed by atoms with Gasteiger partial charge in [-0.1, -0.05) is 12.1 Å². The maximum atomic E-state index is 14.8. The molecule has 5 aliphatic rings. The smallest absolute Gasteiger partial charge is 0.326 e. The molecule has 0 spiro atoms. The summed E-state index contributed by atoms with van der Waals surface area (Å²) in [5.74, 6) is -29.5. The third kappa shape index (κ3) is 38.3. The summed E-state index contributed by atoms with van der Waals surface area (Å²) < 4.78 is 0. The molecule has 56 nitrogen and oxygen atoms in total. The number of rotatable bonds is 63. The first kappa shape index (κ1) is 123. The van der Waals surface area contributed by atoms with Crippen LogP contribution < -0.4 is 92.1 Å². The molecule has 148 heavy (non-hydrogen) atoms. The van der Waals surface area contributed by atoms with Crippen molar-refractivity contribution in [2.24, 2.45) is 22.9 Å². The van der Waals surface area contributed by atoms with Crippen molar-refractivity contribution in [1.82, 2.24) is 93.6 Å². The predicted octanol–water partition coefficient (Wildman–Crippen LogP) is -9.55. The highest BCUT2D eigenvalue weighted by molar-refractivity contribution is 7.98. The minimum Gasteiger partial charge on any atom is -0.508 e. The maximum absolute atomic E-state index is 14.8. The zero-order valence-corrected chi connectivity index (χ0v) is 83.2. The minimum atomic E-state index is -2.17. The van der Waals surface area contributed by atoms with E-state index in [0.717, 1.165) is 23.6 Å². The number of aromatic hydroxyl groups is 1. The lowest BCUT2D eigenvalue weighted by atomic mass is 10.0. The third-order valence-electron chi connectivity index (χ3n) is 25.5. The molecular weight excluding hydrogens is 1980 g/mol. The molecule has 0 bridgehead atoms. The van der Waals surface area contributed by atoms with Crippen LogP contribution in [0.4, 0.5) is 0 Å². The number of nitrogens with zero attached hydrogens (tertiary/aromatic N) is 5. The Morgan fingerprint density at radius 2 is 0.750 bits per heavy atom. The van der Waals surface area contributed by atoms with E-state index in [0.29, 0.717) is 37.7 Å².